The third kappa shape index (κ3) is 10.4. The van der Waals surface area contributed by atoms with Crippen molar-refractivity contribution in [3.8, 4) is 0 Å². The molecule has 28 heavy (non-hydrogen) atoms. The highest BCUT2D eigenvalue weighted by molar-refractivity contribution is 7.77. The predicted molar refractivity (Wildman–Crippen MR) is 110 cm³/mol. The molecule has 3 atom stereocenters. The summed E-state index contributed by atoms with van der Waals surface area (Å²) >= 11 is 4.39. The molecule has 9 nitrogen and oxygen atoms in total. The molecule has 0 fully saturated rings. The van der Waals surface area contributed by atoms with Gasteiger partial charge in [-0.3, -0.25) is 13.4 Å². The lowest BCUT2D eigenvalue weighted by molar-refractivity contribution is 0.0695. The van der Waals surface area contributed by atoms with Crippen molar-refractivity contribution in [2.45, 2.75) is 32.4 Å². The van der Waals surface area contributed by atoms with Gasteiger partial charge >= 0.3 is 13.9 Å². The van der Waals surface area contributed by atoms with Crippen LogP contribution in [-0.4, -0.2) is 58.8 Å². The zero-order valence-corrected chi connectivity index (χ0v) is 17.9. The first-order valence-electron chi connectivity index (χ1n) is 8.96. The van der Waals surface area contributed by atoms with E-state index < -0.39 is 26.1 Å². The number of nitrogens with one attached hydrogen (secondary N) is 1. The summed E-state index contributed by atoms with van der Waals surface area (Å²) in [5, 5.41) is 11.6. The topological polar surface area (TPSA) is 134 Å². The minimum Gasteiger partial charge on any atom is -0.465 e. The average Bonchev–Trinajstić information content (AvgIpc) is 2.58. The molecule has 1 aromatic carbocycles. The highest BCUT2D eigenvalue weighted by atomic mass is 32.1. The third-order valence-electron chi connectivity index (χ3n) is 3.66. The van der Waals surface area contributed by atoms with E-state index in [0.29, 0.717) is 6.54 Å². The van der Waals surface area contributed by atoms with Gasteiger partial charge in [0.25, 0.3) is 0 Å². The quantitative estimate of drug-likeness (QED) is 0.235. The van der Waals surface area contributed by atoms with E-state index in [1.807, 2.05) is 44.2 Å². The highest BCUT2D eigenvalue weighted by Gasteiger charge is 2.34. The predicted octanol–water partition coefficient (Wildman–Crippen LogP) is 2.13. The summed E-state index contributed by atoms with van der Waals surface area (Å²) in [5.74, 6) is 0.285. The molecular formula is C17H30N3O6PS. The minimum absolute atomic E-state index is 0.0471. The van der Waals surface area contributed by atoms with E-state index in [-0.39, 0.29) is 32.0 Å². The number of carbonyl (C=O) groups is 1. The fraction of sp³-hybridized carbons (Fsp3) is 0.588. The fourth-order valence-corrected chi connectivity index (χ4v) is 4.05. The van der Waals surface area contributed by atoms with Crippen molar-refractivity contribution >= 4 is 26.7 Å². The molecule has 0 saturated carbocycles. The van der Waals surface area contributed by atoms with Crippen molar-refractivity contribution in [2.24, 2.45) is 11.7 Å². The van der Waals surface area contributed by atoms with Crippen LogP contribution in [0.5, 0.6) is 0 Å². The van der Waals surface area contributed by atoms with Crippen LogP contribution in [0.3, 0.4) is 0 Å². The van der Waals surface area contributed by atoms with Gasteiger partial charge in [0.1, 0.15) is 6.10 Å². The Kier molecular flexibility index (Phi) is 11.1. The molecule has 0 aliphatic rings. The molecule has 0 spiro atoms. The Labute approximate surface area is 171 Å². The standard InChI is InChI=1S/C17H30N3O6PS/c1-13(2)11-20(28)12-16(26-27(23,24)25-9-8-18)15(19-17(21)22)10-14-6-4-3-5-7-14/h3-7,13,15-16,19,28H,8-12,18H2,1-2H3,(H,21,22)(H,23,24)/t15-,16+/m0/s1. The van der Waals surface area contributed by atoms with Gasteiger partial charge in [-0.15, -0.1) is 0 Å². The zero-order chi connectivity index (χ0) is 21.2. The van der Waals surface area contributed by atoms with Gasteiger partial charge in [0.2, 0.25) is 0 Å². The maximum Gasteiger partial charge on any atom is 0.472 e. The van der Waals surface area contributed by atoms with Crippen LogP contribution < -0.4 is 11.1 Å². The van der Waals surface area contributed by atoms with Crippen LogP contribution in [0, 0.1) is 5.92 Å². The number of carboxylic acid groups (broad SMARTS) is 1. The second-order valence-corrected chi connectivity index (χ2v) is 8.72. The molecule has 0 radical (unpaired) electrons. The van der Waals surface area contributed by atoms with E-state index >= 15 is 0 Å². The minimum atomic E-state index is -4.43. The molecule has 1 rings (SSSR count). The Morgan fingerprint density at radius 3 is 2.50 bits per heavy atom. The Morgan fingerprint density at radius 1 is 1.32 bits per heavy atom. The van der Waals surface area contributed by atoms with Gasteiger partial charge in [-0.25, -0.2) is 9.36 Å². The summed E-state index contributed by atoms with van der Waals surface area (Å²) in [6.07, 6.45) is -1.99. The van der Waals surface area contributed by atoms with E-state index in [4.69, 9.17) is 14.8 Å². The van der Waals surface area contributed by atoms with E-state index in [1.54, 1.807) is 4.31 Å². The summed E-state index contributed by atoms with van der Waals surface area (Å²) < 4.78 is 24.1. The maximum atomic E-state index is 12.3. The number of hydrogen-bond acceptors (Lipinski definition) is 7. The molecule has 5 N–H and O–H groups in total. The van der Waals surface area contributed by atoms with Gasteiger partial charge in [-0.1, -0.05) is 57.0 Å². The number of amides is 1. The van der Waals surface area contributed by atoms with Crippen molar-refractivity contribution in [3.05, 3.63) is 35.9 Å². The largest absolute Gasteiger partial charge is 0.472 e. The number of nitrogens with zero attached hydrogens (tertiary/aromatic N) is 1. The molecular weight excluding hydrogens is 405 g/mol. The van der Waals surface area contributed by atoms with Crippen LogP contribution >= 0.6 is 20.6 Å². The number of benzene rings is 1. The molecule has 0 aliphatic carbocycles. The van der Waals surface area contributed by atoms with E-state index in [1.165, 1.54) is 0 Å². The Bertz CT molecular complexity index is 637. The third-order valence-corrected chi connectivity index (χ3v) is 5.04. The molecule has 11 heteroatoms. The van der Waals surface area contributed by atoms with Crippen LogP contribution in [-0.2, 0) is 20.0 Å². The number of hydrogen-bond donors (Lipinski definition) is 5. The lowest BCUT2D eigenvalue weighted by atomic mass is 10.0. The fourth-order valence-electron chi connectivity index (χ4n) is 2.61. The van der Waals surface area contributed by atoms with E-state index in [9.17, 15) is 19.4 Å². The lowest BCUT2D eigenvalue weighted by Crippen LogP contribution is -2.49. The zero-order valence-electron chi connectivity index (χ0n) is 16.1. The van der Waals surface area contributed by atoms with Crippen molar-refractivity contribution in [1.29, 1.82) is 0 Å². The summed E-state index contributed by atoms with van der Waals surface area (Å²) in [6, 6.07) is 8.37. The molecule has 0 bridgehead atoms. The van der Waals surface area contributed by atoms with Crippen LogP contribution in [0.1, 0.15) is 19.4 Å². The normalized spacial score (nSPS) is 16.0. The SMILES string of the molecule is CC(C)CN(S)C[C@@H](OP(=O)(O)OCCN)[C@H](Cc1ccccc1)NC(=O)O. The molecule has 160 valence electrons. The first-order chi connectivity index (χ1) is 13.1. The molecule has 0 aromatic heterocycles. The Balaban J connectivity index is 3.05. The summed E-state index contributed by atoms with van der Waals surface area (Å²) in [5.41, 5.74) is 6.15. The van der Waals surface area contributed by atoms with E-state index in [2.05, 4.69) is 18.1 Å². The number of nitrogens with two attached hydrogens (primary N) is 1. The number of phosphoric ester groups is 1. The number of rotatable bonds is 13. The molecule has 0 heterocycles. The average molecular weight is 435 g/mol. The van der Waals surface area contributed by atoms with Crippen LogP contribution in [0.15, 0.2) is 30.3 Å². The Hall–Kier alpha value is -1.13. The van der Waals surface area contributed by atoms with Crippen molar-refractivity contribution < 1.29 is 28.4 Å². The van der Waals surface area contributed by atoms with Gasteiger partial charge in [0.05, 0.1) is 12.6 Å². The maximum absolute atomic E-state index is 12.3. The van der Waals surface area contributed by atoms with Crippen LogP contribution in [0.4, 0.5) is 4.79 Å². The highest BCUT2D eigenvalue weighted by Crippen LogP contribution is 2.45. The molecule has 0 aliphatic heterocycles. The van der Waals surface area contributed by atoms with E-state index in [0.717, 1.165) is 5.56 Å². The first kappa shape index (κ1) is 24.9. The van der Waals surface area contributed by atoms with Crippen molar-refractivity contribution in [2.75, 3.05) is 26.2 Å². The lowest BCUT2D eigenvalue weighted by Gasteiger charge is -2.31. The number of thiol groups is 1. The van der Waals surface area contributed by atoms with Crippen LogP contribution in [0.2, 0.25) is 0 Å². The van der Waals surface area contributed by atoms with Crippen molar-refractivity contribution in [1.82, 2.24) is 9.62 Å². The van der Waals surface area contributed by atoms with Gasteiger partial charge in [-0.05, 0) is 17.9 Å². The van der Waals surface area contributed by atoms with Gasteiger partial charge in [-0.2, -0.15) is 0 Å². The second kappa shape index (κ2) is 12.4. The summed E-state index contributed by atoms with van der Waals surface area (Å²) in [7, 11) is -4.43. The first-order valence-corrected chi connectivity index (χ1v) is 10.9. The molecule has 1 unspecified atom stereocenters. The van der Waals surface area contributed by atoms with Crippen molar-refractivity contribution in [3.63, 3.8) is 0 Å². The molecule has 1 amide bonds. The second-order valence-electron chi connectivity index (χ2n) is 6.75. The van der Waals surface area contributed by atoms with Gasteiger partial charge in [0, 0.05) is 19.6 Å². The monoisotopic (exact) mass is 435 g/mol. The van der Waals surface area contributed by atoms with Gasteiger partial charge < -0.3 is 21.1 Å². The molecule has 1 aromatic rings. The van der Waals surface area contributed by atoms with Gasteiger partial charge in [0.15, 0.2) is 0 Å². The molecule has 0 saturated heterocycles. The van der Waals surface area contributed by atoms with Crippen LogP contribution in [0.25, 0.3) is 0 Å². The smallest absolute Gasteiger partial charge is 0.465 e. The number of phosphoric acid groups is 1. The summed E-state index contributed by atoms with van der Waals surface area (Å²) in [4.78, 5) is 21.3. The summed E-state index contributed by atoms with van der Waals surface area (Å²) in [6.45, 7) is 4.57. The Morgan fingerprint density at radius 2 is 1.96 bits per heavy atom.